The molecule has 0 bridgehead atoms. The molecule has 9 heteroatoms. The van der Waals surface area contributed by atoms with E-state index in [0.717, 1.165) is 29.5 Å². The number of nitrogens with zero attached hydrogens (tertiary/aromatic N) is 3. The summed E-state index contributed by atoms with van der Waals surface area (Å²) in [6.45, 7) is 3.70. The molecule has 174 valence electrons. The van der Waals surface area contributed by atoms with Crippen molar-refractivity contribution in [3.05, 3.63) is 70.9 Å². The van der Waals surface area contributed by atoms with E-state index in [0.29, 0.717) is 16.9 Å². The number of hydrogen-bond acceptors (Lipinski definition) is 5. The fourth-order valence-electron chi connectivity index (χ4n) is 3.77. The normalized spacial score (nSPS) is 13.2. The average Bonchev–Trinajstić information content (AvgIpc) is 3.52. The number of aromatic nitrogens is 3. The molecule has 2 aromatic carbocycles. The van der Waals surface area contributed by atoms with Gasteiger partial charge in [0, 0.05) is 23.2 Å². The Morgan fingerprint density at radius 1 is 1.06 bits per heavy atom. The Morgan fingerprint density at radius 3 is 2.50 bits per heavy atom. The predicted molar refractivity (Wildman–Crippen MR) is 121 cm³/mol. The molecule has 1 fully saturated rings. The van der Waals surface area contributed by atoms with Crippen LogP contribution in [0.5, 0.6) is 17.4 Å². The molecule has 1 N–H and O–H groups in total. The minimum Gasteiger partial charge on any atom is -0.494 e. The summed E-state index contributed by atoms with van der Waals surface area (Å²) >= 11 is 0. The highest BCUT2D eigenvalue weighted by atomic mass is 19.2. The largest absolute Gasteiger partial charge is 0.494 e. The molecule has 0 spiro atoms. The molecule has 5 rings (SSSR count). The highest BCUT2D eigenvalue weighted by Gasteiger charge is 2.24. The van der Waals surface area contributed by atoms with E-state index in [-0.39, 0.29) is 29.3 Å². The van der Waals surface area contributed by atoms with Crippen molar-refractivity contribution in [2.75, 3.05) is 7.11 Å². The highest BCUT2D eigenvalue weighted by Crippen LogP contribution is 2.32. The molecule has 0 saturated heterocycles. The van der Waals surface area contributed by atoms with Crippen LogP contribution in [0.3, 0.4) is 0 Å². The zero-order chi connectivity index (χ0) is 24.0. The summed E-state index contributed by atoms with van der Waals surface area (Å²) in [6.07, 6.45) is 3.71. The second-order valence-electron chi connectivity index (χ2n) is 8.32. The number of rotatable bonds is 6. The maximum absolute atomic E-state index is 14.4. The van der Waals surface area contributed by atoms with Crippen LogP contribution in [-0.4, -0.2) is 33.7 Å². The number of ether oxygens (including phenoxy) is 2. The standard InChI is InChI=1S/C25H22F2N4O3/c1-13-10-15(4-7-17(13)25(32)29-16-5-6-16)18-12-28-24-14(2)11-21(30-31(18)24)34-20-9-8-19(33-3)22(26)23(20)27/h4,7-12,16H,5-6H2,1-3H3,(H,29,32). The fourth-order valence-corrected chi connectivity index (χ4v) is 3.77. The zero-order valence-electron chi connectivity index (χ0n) is 18.9. The lowest BCUT2D eigenvalue weighted by atomic mass is 10.0. The molecule has 0 aliphatic heterocycles. The van der Waals surface area contributed by atoms with Gasteiger partial charge in [0.2, 0.25) is 17.5 Å². The fraction of sp³-hybridized carbons (Fsp3) is 0.240. The number of nitrogens with one attached hydrogen (secondary N) is 1. The quantitative estimate of drug-likeness (QED) is 0.435. The van der Waals surface area contributed by atoms with Crippen molar-refractivity contribution in [2.45, 2.75) is 32.7 Å². The Morgan fingerprint density at radius 2 is 1.79 bits per heavy atom. The van der Waals surface area contributed by atoms with E-state index in [4.69, 9.17) is 9.47 Å². The third kappa shape index (κ3) is 3.93. The van der Waals surface area contributed by atoms with E-state index < -0.39 is 11.6 Å². The van der Waals surface area contributed by atoms with Gasteiger partial charge < -0.3 is 14.8 Å². The number of methoxy groups -OCH3 is 1. The molecule has 0 radical (unpaired) electrons. The van der Waals surface area contributed by atoms with Crippen molar-refractivity contribution >= 4 is 11.6 Å². The molecular weight excluding hydrogens is 442 g/mol. The van der Waals surface area contributed by atoms with Gasteiger partial charge in [-0.1, -0.05) is 6.07 Å². The van der Waals surface area contributed by atoms with Crippen LogP contribution in [0.4, 0.5) is 8.78 Å². The van der Waals surface area contributed by atoms with E-state index in [1.165, 1.54) is 19.2 Å². The molecule has 34 heavy (non-hydrogen) atoms. The molecule has 2 aromatic heterocycles. The van der Waals surface area contributed by atoms with E-state index in [1.54, 1.807) is 22.8 Å². The molecule has 2 heterocycles. The van der Waals surface area contributed by atoms with Gasteiger partial charge in [-0.2, -0.15) is 8.78 Å². The Kier molecular flexibility index (Phi) is 5.39. The Labute approximate surface area is 194 Å². The van der Waals surface area contributed by atoms with Gasteiger partial charge in [0.1, 0.15) is 0 Å². The molecule has 0 atom stereocenters. The van der Waals surface area contributed by atoms with Crippen molar-refractivity contribution in [1.29, 1.82) is 0 Å². The van der Waals surface area contributed by atoms with E-state index in [9.17, 15) is 13.6 Å². The average molecular weight is 464 g/mol. The maximum Gasteiger partial charge on any atom is 0.251 e. The topological polar surface area (TPSA) is 77.8 Å². The second kappa shape index (κ2) is 8.40. The summed E-state index contributed by atoms with van der Waals surface area (Å²) in [6, 6.07) is 9.96. The minimum atomic E-state index is -1.17. The van der Waals surface area contributed by atoms with Crippen molar-refractivity contribution in [2.24, 2.45) is 0 Å². The number of imidazole rings is 1. The van der Waals surface area contributed by atoms with Crippen LogP contribution in [0.15, 0.2) is 42.6 Å². The Balaban J connectivity index is 1.50. The number of carbonyl (C=O) groups is 1. The molecule has 1 aliphatic rings. The van der Waals surface area contributed by atoms with Crippen molar-refractivity contribution in [1.82, 2.24) is 19.9 Å². The van der Waals surface area contributed by atoms with Crippen LogP contribution in [0, 0.1) is 25.5 Å². The predicted octanol–water partition coefficient (Wildman–Crippen LogP) is 4.98. The number of fused-ring (bicyclic) bond motifs is 1. The van der Waals surface area contributed by atoms with Crippen molar-refractivity contribution in [3.8, 4) is 28.6 Å². The van der Waals surface area contributed by atoms with Crippen molar-refractivity contribution in [3.63, 3.8) is 0 Å². The lowest BCUT2D eigenvalue weighted by Gasteiger charge is -2.11. The smallest absolute Gasteiger partial charge is 0.251 e. The van der Waals surface area contributed by atoms with E-state index >= 15 is 0 Å². The first kappa shape index (κ1) is 21.8. The number of hydrogen-bond donors (Lipinski definition) is 1. The highest BCUT2D eigenvalue weighted by molar-refractivity contribution is 5.96. The van der Waals surface area contributed by atoms with Crippen molar-refractivity contribution < 1.29 is 23.0 Å². The summed E-state index contributed by atoms with van der Waals surface area (Å²) < 4.78 is 40.4. The lowest BCUT2D eigenvalue weighted by molar-refractivity contribution is 0.0950. The van der Waals surface area contributed by atoms with Crippen LogP contribution < -0.4 is 14.8 Å². The first-order valence-electron chi connectivity index (χ1n) is 10.8. The number of amides is 1. The SMILES string of the molecule is COc1ccc(Oc2cc(C)c3ncc(-c4ccc(C(=O)NC5CC5)c(C)c4)n3n2)c(F)c1F. The van der Waals surface area contributed by atoms with Gasteiger partial charge in [-0.3, -0.25) is 4.79 Å². The Bertz CT molecular complexity index is 1430. The number of halogens is 2. The summed E-state index contributed by atoms with van der Waals surface area (Å²) in [5.41, 5.74) is 4.25. The number of aryl methyl sites for hydroxylation is 2. The first-order valence-corrected chi connectivity index (χ1v) is 10.8. The van der Waals surface area contributed by atoms with Gasteiger partial charge in [0.25, 0.3) is 5.91 Å². The second-order valence-corrected chi connectivity index (χ2v) is 8.32. The summed E-state index contributed by atoms with van der Waals surface area (Å²) in [5.74, 6) is -2.84. The van der Waals surface area contributed by atoms with Crippen LogP contribution in [0.1, 0.15) is 34.3 Å². The van der Waals surface area contributed by atoms with E-state index in [2.05, 4.69) is 15.4 Å². The van der Waals surface area contributed by atoms with Gasteiger partial charge in [-0.15, -0.1) is 5.10 Å². The third-order valence-electron chi connectivity index (χ3n) is 5.75. The lowest BCUT2D eigenvalue weighted by Crippen LogP contribution is -2.26. The third-order valence-corrected chi connectivity index (χ3v) is 5.75. The molecule has 7 nitrogen and oxygen atoms in total. The summed E-state index contributed by atoms with van der Waals surface area (Å²) in [7, 11) is 1.26. The van der Waals surface area contributed by atoms with E-state index in [1.807, 2.05) is 26.0 Å². The Hall–Kier alpha value is -4.01. The van der Waals surface area contributed by atoms with Crippen LogP contribution in [0.25, 0.3) is 16.9 Å². The molecule has 1 aliphatic carbocycles. The monoisotopic (exact) mass is 464 g/mol. The molecule has 0 unspecified atom stereocenters. The van der Waals surface area contributed by atoms with Crippen LogP contribution in [-0.2, 0) is 0 Å². The molecular formula is C25H22F2N4O3. The van der Waals surface area contributed by atoms with Gasteiger partial charge >= 0.3 is 0 Å². The molecule has 1 saturated carbocycles. The van der Waals surface area contributed by atoms with Gasteiger partial charge in [-0.05, 0) is 62.1 Å². The van der Waals surface area contributed by atoms with Gasteiger partial charge in [0.15, 0.2) is 17.1 Å². The number of carbonyl (C=O) groups excluding carboxylic acids is 1. The van der Waals surface area contributed by atoms with Gasteiger partial charge in [-0.25, -0.2) is 9.50 Å². The summed E-state index contributed by atoms with van der Waals surface area (Å²) in [5, 5.41) is 7.45. The minimum absolute atomic E-state index is 0.0740. The van der Waals surface area contributed by atoms with Crippen LogP contribution >= 0.6 is 0 Å². The zero-order valence-corrected chi connectivity index (χ0v) is 18.9. The van der Waals surface area contributed by atoms with Crippen LogP contribution in [0.2, 0.25) is 0 Å². The first-order chi connectivity index (χ1) is 16.4. The summed E-state index contributed by atoms with van der Waals surface area (Å²) in [4.78, 5) is 16.9. The number of benzene rings is 2. The maximum atomic E-state index is 14.4. The molecule has 4 aromatic rings. The van der Waals surface area contributed by atoms with Gasteiger partial charge in [0.05, 0.1) is 19.0 Å². The molecule has 1 amide bonds.